The third-order valence-electron chi connectivity index (χ3n) is 2.43. The number of halogens is 3. The quantitative estimate of drug-likeness (QED) is 0.674. The summed E-state index contributed by atoms with van der Waals surface area (Å²) in [7, 11) is 0. The third kappa shape index (κ3) is 1.91. The van der Waals surface area contributed by atoms with Crippen LogP contribution in [0.3, 0.4) is 0 Å². The first-order chi connectivity index (χ1) is 8.51. The van der Waals surface area contributed by atoms with Gasteiger partial charge in [0.15, 0.2) is 11.6 Å². The Labute approximate surface area is 110 Å². The predicted molar refractivity (Wildman–Crippen MR) is 66.8 cm³/mol. The van der Waals surface area contributed by atoms with Crippen molar-refractivity contribution in [3.8, 4) is 5.75 Å². The molecule has 0 bridgehead atoms. The highest BCUT2D eigenvalue weighted by Gasteiger charge is 2.21. The lowest BCUT2D eigenvalue weighted by molar-refractivity contribution is 0.442. The molecule has 1 heterocycles. The van der Waals surface area contributed by atoms with Gasteiger partial charge in [-0.1, -0.05) is 0 Å². The predicted octanol–water partition coefficient (Wildman–Crippen LogP) is 3.80. The molecule has 0 radical (unpaired) electrons. The van der Waals surface area contributed by atoms with Crippen LogP contribution in [0.4, 0.5) is 13.2 Å². The normalized spacial score (nSPS) is 11.2. The molecule has 0 aliphatic heterocycles. The van der Waals surface area contributed by atoms with Gasteiger partial charge in [0.1, 0.15) is 10.6 Å². The molecule has 0 saturated heterocycles. The van der Waals surface area contributed by atoms with Gasteiger partial charge < -0.3 is 5.11 Å². The average molecular weight is 291 g/mol. The fourth-order valence-corrected chi connectivity index (χ4v) is 2.61. The Hall–Kier alpha value is -1.08. The minimum absolute atomic E-state index is 0.0169. The van der Waals surface area contributed by atoms with E-state index in [2.05, 4.69) is 4.98 Å². The zero-order valence-corrected chi connectivity index (χ0v) is 11.1. The zero-order chi connectivity index (χ0) is 13.4. The summed E-state index contributed by atoms with van der Waals surface area (Å²) in [5.74, 6) is -3.79. The number of pyridine rings is 1. The highest BCUT2D eigenvalue weighted by Crippen LogP contribution is 2.39. The lowest BCUT2D eigenvalue weighted by atomic mass is 10.2. The van der Waals surface area contributed by atoms with Gasteiger partial charge in [0.2, 0.25) is 5.95 Å². The van der Waals surface area contributed by atoms with E-state index in [1.54, 1.807) is 6.26 Å². The lowest BCUT2D eigenvalue weighted by Gasteiger charge is -2.09. The van der Waals surface area contributed by atoms with Crippen LogP contribution >= 0.6 is 23.5 Å². The van der Waals surface area contributed by atoms with E-state index in [-0.39, 0.29) is 15.3 Å². The average Bonchev–Trinajstić information content (AvgIpc) is 2.33. The number of benzene rings is 1. The summed E-state index contributed by atoms with van der Waals surface area (Å²) in [5, 5.41) is 9.39. The maximum Gasteiger partial charge on any atom is 0.230 e. The zero-order valence-electron chi connectivity index (χ0n) is 9.42. The fourth-order valence-electron chi connectivity index (χ4n) is 1.60. The van der Waals surface area contributed by atoms with Gasteiger partial charge in [0.05, 0.1) is 10.9 Å². The number of fused-ring (bicyclic) bond motifs is 1. The van der Waals surface area contributed by atoms with Gasteiger partial charge in [-0.05, 0) is 18.6 Å². The van der Waals surface area contributed by atoms with Crippen molar-refractivity contribution < 1.29 is 18.3 Å². The van der Waals surface area contributed by atoms with Gasteiger partial charge in [-0.25, -0.2) is 13.8 Å². The van der Waals surface area contributed by atoms with Crippen LogP contribution in [0, 0.1) is 17.6 Å². The number of hydrogen-bond donors (Lipinski definition) is 1. The highest BCUT2D eigenvalue weighted by atomic mass is 32.2. The van der Waals surface area contributed by atoms with E-state index in [0.29, 0.717) is 0 Å². The van der Waals surface area contributed by atoms with Crippen molar-refractivity contribution in [2.75, 3.05) is 12.5 Å². The van der Waals surface area contributed by atoms with E-state index in [9.17, 15) is 18.3 Å². The largest absolute Gasteiger partial charge is 0.506 e. The summed E-state index contributed by atoms with van der Waals surface area (Å²) < 4.78 is 41.0. The summed E-state index contributed by atoms with van der Waals surface area (Å²) >= 11 is 1.86. The van der Waals surface area contributed by atoms with Crippen molar-refractivity contribution in [1.29, 1.82) is 0 Å². The van der Waals surface area contributed by atoms with Crippen molar-refractivity contribution in [2.45, 2.75) is 9.79 Å². The fraction of sp³-hybridized carbons (Fsp3) is 0.182. The molecule has 0 unspecified atom stereocenters. The van der Waals surface area contributed by atoms with Gasteiger partial charge in [0.25, 0.3) is 0 Å². The van der Waals surface area contributed by atoms with Crippen molar-refractivity contribution in [1.82, 2.24) is 4.98 Å². The minimum Gasteiger partial charge on any atom is -0.506 e. The Morgan fingerprint density at radius 3 is 2.33 bits per heavy atom. The summed E-state index contributed by atoms with van der Waals surface area (Å²) in [6.45, 7) is 0. The van der Waals surface area contributed by atoms with Crippen LogP contribution < -0.4 is 0 Å². The van der Waals surface area contributed by atoms with Crippen molar-refractivity contribution in [2.24, 2.45) is 0 Å². The summed E-state index contributed by atoms with van der Waals surface area (Å²) in [4.78, 5) is 3.37. The van der Waals surface area contributed by atoms with Crippen LogP contribution in [-0.4, -0.2) is 22.6 Å². The molecule has 2 rings (SSSR count). The molecule has 96 valence electrons. The van der Waals surface area contributed by atoms with Crippen LogP contribution in [-0.2, 0) is 0 Å². The van der Waals surface area contributed by atoms with Crippen LogP contribution in [0.5, 0.6) is 5.75 Å². The van der Waals surface area contributed by atoms with Crippen LogP contribution in [0.1, 0.15) is 0 Å². The monoisotopic (exact) mass is 291 g/mol. The second kappa shape index (κ2) is 4.89. The highest BCUT2D eigenvalue weighted by molar-refractivity contribution is 7.99. The molecule has 7 heteroatoms. The van der Waals surface area contributed by atoms with Crippen molar-refractivity contribution in [3.63, 3.8) is 0 Å². The molecule has 0 atom stereocenters. The molecule has 2 aromatic rings. The minimum atomic E-state index is -1.21. The van der Waals surface area contributed by atoms with Gasteiger partial charge in [-0.15, -0.1) is 23.5 Å². The Bertz CT molecular complexity index is 634. The van der Waals surface area contributed by atoms with Gasteiger partial charge >= 0.3 is 0 Å². The Balaban J connectivity index is 2.94. The summed E-state index contributed by atoms with van der Waals surface area (Å²) in [6.07, 6.45) is 3.08. The lowest BCUT2D eigenvalue weighted by Crippen LogP contribution is -1.96. The van der Waals surface area contributed by atoms with E-state index in [1.165, 1.54) is 12.3 Å². The molecule has 1 aromatic carbocycles. The van der Waals surface area contributed by atoms with Crippen LogP contribution in [0.25, 0.3) is 10.9 Å². The number of hydrogen-bond acceptors (Lipinski definition) is 4. The number of aromatic hydroxyl groups is 1. The molecule has 2 nitrogen and oxygen atoms in total. The molecule has 0 aliphatic carbocycles. The van der Waals surface area contributed by atoms with Gasteiger partial charge in [0, 0.05) is 4.90 Å². The van der Waals surface area contributed by atoms with E-state index in [1.807, 2.05) is 0 Å². The summed E-state index contributed by atoms with van der Waals surface area (Å²) in [6, 6.07) is 1.21. The third-order valence-corrected chi connectivity index (χ3v) is 3.94. The molecular formula is C11H8F3NOS2. The van der Waals surface area contributed by atoms with E-state index in [4.69, 9.17) is 0 Å². The molecule has 18 heavy (non-hydrogen) atoms. The van der Waals surface area contributed by atoms with Crippen LogP contribution in [0.2, 0.25) is 0 Å². The smallest absolute Gasteiger partial charge is 0.230 e. The number of thioether (sulfide) groups is 2. The molecule has 1 N–H and O–H groups in total. The topological polar surface area (TPSA) is 33.1 Å². The molecule has 0 amide bonds. The SMILES string of the molecule is CSc1cc2nc(F)c(SC)c(O)c2c(F)c1F. The second-order valence-corrected chi connectivity index (χ2v) is 5.05. The molecule has 0 aliphatic rings. The second-order valence-electron chi connectivity index (χ2n) is 3.39. The van der Waals surface area contributed by atoms with E-state index < -0.39 is 28.7 Å². The van der Waals surface area contributed by atoms with Crippen LogP contribution in [0.15, 0.2) is 15.9 Å². The standard InChI is InChI=1S/C11H8F3NOS2/c1-17-5-3-4-6(8(13)7(5)12)9(16)10(18-2)11(14)15-4/h3H,1-2H3,(H,15,16). The first kappa shape index (κ1) is 13.4. The van der Waals surface area contributed by atoms with Crippen molar-refractivity contribution >= 4 is 34.4 Å². The first-order valence-electron chi connectivity index (χ1n) is 4.79. The molecular weight excluding hydrogens is 283 g/mol. The van der Waals surface area contributed by atoms with Crippen molar-refractivity contribution in [3.05, 3.63) is 23.6 Å². The molecule has 0 saturated carbocycles. The number of rotatable bonds is 2. The van der Waals surface area contributed by atoms with Gasteiger partial charge in [-0.2, -0.15) is 4.39 Å². The Morgan fingerprint density at radius 1 is 1.11 bits per heavy atom. The van der Waals surface area contributed by atoms with E-state index >= 15 is 0 Å². The maximum absolute atomic E-state index is 13.8. The molecule has 0 fully saturated rings. The Kier molecular flexibility index (Phi) is 3.63. The molecule has 0 spiro atoms. The molecule has 1 aromatic heterocycles. The Morgan fingerprint density at radius 2 is 1.78 bits per heavy atom. The number of nitrogens with zero attached hydrogens (tertiary/aromatic N) is 1. The maximum atomic E-state index is 13.8. The van der Waals surface area contributed by atoms with Gasteiger partial charge in [-0.3, -0.25) is 0 Å². The summed E-state index contributed by atoms with van der Waals surface area (Å²) in [5.41, 5.74) is -0.106. The first-order valence-corrected chi connectivity index (χ1v) is 7.24. The number of aromatic nitrogens is 1. The van der Waals surface area contributed by atoms with E-state index in [0.717, 1.165) is 23.5 Å².